The molecule has 3 N–H and O–H groups in total. The minimum absolute atomic E-state index is 0.345. The van der Waals surface area contributed by atoms with E-state index in [1.807, 2.05) is 43.3 Å². The molecule has 1 aliphatic rings. The lowest BCUT2D eigenvalue weighted by atomic mass is 9.91. The Balaban J connectivity index is 1.46. The van der Waals surface area contributed by atoms with Crippen LogP contribution in [0.25, 0.3) is 0 Å². The minimum Gasteiger partial charge on any atom is -0.493 e. The Morgan fingerprint density at radius 2 is 1.73 bits per heavy atom. The molecule has 1 aromatic heterocycles. The predicted molar refractivity (Wildman–Crippen MR) is 125 cm³/mol. The van der Waals surface area contributed by atoms with Gasteiger partial charge in [-0.25, -0.2) is 4.98 Å². The molecule has 162 valence electrons. The van der Waals surface area contributed by atoms with E-state index in [0.717, 1.165) is 37.2 Å². The molecule has 8 nitrogen and oxygen atoms in total. The van der Waals surface area contributed by atoms with Crippen LogP contribution in [-0.4, -0.2) is 55.5 Å². The van der Waals surface area contributed by atoms with Crippen LogP contribution in [0.4, 0.5) is 17.5 Å². The SMILES string of the molecule is COc1ccc(NC(=S)NC2CCC(Nc3nccc(N(C)C)n3)CC2)cc1OC. The van der Waals surface area contributed by atoms with Gasteiger partial charge in [-0.05, 0) is 56.1 Å². The van der Waals surface area contributed by atoms with Crippen molar-refractivity contribution in [1.29, 1.82) is 0 Å². The van der Waals surface area contributed by atoms with Gasteiger partial charge in [-0.1, -0.05) is 0 Å². The standard InChI is InChI=1S/C21H30N6O2S/c1-27(2)19-11-12-22-20(26-19)23-14-5-7-15(8-6-14)24-21(30)25-16-9-10-17(28-3)18(13-16)29-4/h9-15H,5-8H2,1-4H3,(H,22,23,26)(H2,24,25,30). The molecule has 0 amide bonds. The van der Waals surface area contributed by atoms with E-state index in [-0.39, 0.29) is 0 Å². The zero-order valence-electron chi connectivity index (χ0n) is 17.9. The number of hydrogen-bond acceptors (Lipinski definition) is 7. The number of benzene rings is 1. The van der Waals surface area contributed by atoms with E-state index in [4.69, 9.17) is 21.7 Å². The highest BCUT2D eigenvalue weighted by atomic mass is 32.1. The fourth-order valence-corrected chi connectivity index (χ4v) is 3.78. The summed E-state index contributed by atoms with van der Waals surface area (Å²) in [6.07, 6.45) is 5.91. The Bertz CT molecular complexity index is 855. The number of hydrogen-bond donors (Lipinski definition) is 3. The molecular weight excluding hydrogens is 400 g/mol. The number of aromatic nitrogens is 2. The maximum atomic E-state index is 5.50. The van der Waals surface area contributed by atoms with Crippen molar-refractivity contribution >= 4 is 34.8 Å². The lowest BCUT2D eigenvalue weighted by molar-refractivity contribution is 0.355. The van der Waals surface area contributed by atoms with E-state index in [9.17, 15) is 0 Å². The molecule has 1 aliphatic carbocycles. The number of methoxy groups -OCH3 is 2. The van der Waals surface area contributed by atoms with Crippen molar-refractivity contribution in [2.45, 2.75) is 37.8 Å². The van der Waals surface area contributed by atoms with Crippen LogP contribution in [-0.2, 0) is 0 Å². The minimum atomic E-state index is 0.345. The van der Waals surface area contributed by atoms with Gasteiger partial charge in [0.05, 0.1) is 14.2 Å². The second-order valence-corrected chi connectivity index (χ2v) is 7.90. The van der Waals surface area contributed by atoms with Crippen molar-refractivity contribution in [2.24, 2.45) is 0 Å². The largest absolute Gasteiger partial charge is 0.493 e. The summed E-state index contributed by atoms with van der Waals surface area (Å²) in [4.78, 5) is 10.9. The third-order valence-corrected chi connectivity index (χ3v) is 5.36. The van der Waals surface area contributed by atoms with Crippen LogP contribution in [0.5, 0.6) is 11.5 Å². The van der Waals surface area contributed by atoms with E-state index in [2.05, 4.69) is 25.9 Å². The molecule has 0 saturated heterocycles. The molecular formula is C21H30N6O2S. The van der Waals surface area contributed by atoms with Crippen LogP contribution in [0.3, 0.4) is 0 Å². The molecule has 0 atom stereocenters. The van der Waals surface area contributed by atoms with E-state index in [1.54, 1.807) is 20.4 Å². The van der Waals surface area contributed by atoms with Gasteiger partial charge in [0.25, 0.3) is 0 Å². The predicted octanol–water partition coefficient (Wildman–Crippen LogP) is 3.27. The van der Waals surface area contributed by atoms with Gasteiger partial charge >= 0.3 is 0 Å². The highest BCUT2D eigenvalue weighted by Gasteiger charge is 2.22. The summed E-state index contributed by atoms with van der Waals surface area (Å²) >= 11 is 5.50. The summed E-state index contributed by atoms with van der Waals surface area (Å²) < 4.78 is 10.6. The van der Waals surface area contributed by atoms with Gasteiger partial charge in [0, 0.05) is 44.1 Å². The highest BCUT2D eigenvalue weighted by Crippen LogP contribution is 2.29. The molecule has 9 heteroatoms. The summed E-state index contributed by atoms with van der Waals surface area (Å²) in [6.45, 7) is 0. The first-order valence-corrected chi connectivity index (χ1v) is 10.5. The average Bonchev–Trinajstić information content (AvgIpc) is 2.75. The highest BCUT2D eigenvalue weighted by molar-refractivity contribution is 7.80. The van der Waals surface area contributed by atoms with Crippen LogP contribution in [0.15, 0.2) is 30.5 Å². The lowest BCUT2D eigenvalue weighted by Gasteiger charge is -2.30. The topological polar surface area (TPSA) is 83.6 Å². The van der Waals surface area contributed by atoms with Gasteiger partial charge in [-0.15, -0.1) is 0 Å². The summed E-state index contributed by atoms with van der Waals surface area (Å²) in [5.41, 5.74) is 0.860. The van der Waals surface area contributed by atoms with Gasteiger partial charge in [0.1, 0.15) is 5.82 Å². The van der Waals surface area contributed by atoms with E-state index in [0.29, 0.717) is 34.6 Å². The quantitative estimate of drug-likeness (QED) is 0.573. The number of anilines is 3. The maximum absolute atomic E-state index is 5.50. The summed E-state index contributed by atoms with van der Waals surface area (Å²) in [6, 6.07) is 8.25. The van der Waals surface area contributed by atoms with Crippen LogP contribution < -0.4 is 30.3 Å². The molecule has 0 radical (unpaired) electrons. The monoisotopic (exact) mass is 430 g/mol. The van der Waals surface area contributed by atoms with Crippen molar-refractivity contribution < 1.29 is 9.47 Å². The second-order valence-electron chi connectivity index (χ2n) is 7.49. The van der Waals surface area contributed by atoms with Gasteiger partial charge in [-0.3, -0.25) is 0 Å². The molecule has 1 heterocycles. The van der Waals surface area contributed by atoms with Crippen molar-refractivity contribution in [1.82, 2.24) is 15.3 Å². The number of ether oxygens (including phenoxy) is 2. The second kappa shape index (κ2) is 10.3. The zero-order valence-corrected chi connectivity index (χ0v) is 18.8. The fourth-order valence-electron chi connectivity index (χ4n) is 3.50. The van der Waals surface area contributed by atoms with Crippen molar-refractivity contribution in [3.05, 3.63) is 30.5 Å². The molecule has 0 unspecified atom stereocenters. The van der Waals surface area contributed by atoms with Gasteiger partial charge in [0.15, 0.2) is 16.6 Å². The first-order valence-electron chi connectivity index (χ1n) is 10.0. The fraction of sp³-hybridized carbons (Fsp3) is 0.476. The molecule has 1 aromatic carbocycles. The molecule has 0 bridgehead atoms. The van der Waals surface area contributed by atoms with E-state index in [1.165, 1.54) is 0 Å². The third kappa shape index (κ3) is 5.85. The van der Waals surface area contributed by atoms with Crippen molar-refractivity contribution in [2.75, 3.05) is 43.8 Å². The molecule has 3 rings (SSSR count). The summed E-state index contributed by atoms with van der Waals surface area (Å²) in [5.74, 6) is 2.93. The Morgan fingerprint density at radius 3 is 2.40 bits per heavy atom. The van der Waals surface area contributed by atoms with Crippen LogP contribution >= 0.6 is 12.2 Å². The van der Waals surface area contributed by atoms with Gasteiger partial charge < -0.3 is 30.3 Å². The van der Waals surface area contributed by atoms with Gasteiger partial charge in [0.2, 0.25) is 5.95 Å². The number of nitrogens with one attached hydrogen (secondary N) is 3. The van der Waals surface area contributed by atoms with Crippen molar-refractivity contribution in [3.8, 4) is 11.5 Å². The Hall–Kier alpha value is -2.81. The van der Waals surface area contributed by atoms with Crippen LogP contribution in [0, 0.1) is 0 Å². The van der Waals surface area contributed by atoms with Crippen LogP contribution in [0.1, 0.15) is 25.7 Å². The molecule has 0 aliphatic heterocycles. The van der Waals surface area contributed by atoms with Gasteiger partial charge in [-0.2, -0.15) is 4.98 Å². The summed E-state index contributed by atoms with van der Waals surface area (Å²) in [7, 11) is 7.18. The molecule has 2 aromatic rings. The molecule has 0 spiro atoms. The normalized spacial score (nSPS) is 18.3. The molecule has 30 heavy (non-hydrogen) atoms. The average molecular weight is 431 g/mol. The van der Waals surface area contributed by atoms with E-state index < -0.39 is 0 Å². The van der Waals surface area contributed by atoms with Crippen molar-refractivity contribution in [3.63, 3.8) is 0 Å². The first kappa shape index (κ1) is 21.9. The molecule has 1 saturated carbocycles. The number of rotatable bonds is 7. The third-order valence-electron chi connectivity index (χ3n) is 5.14. The van der Waals surface area contributed by atoms with Crippen LogP contribution in [0.2, 0.25) is 0 Å². The Kier molecular flexibility index (Phi) is 7.51. The van der Waals surface area contributed by atoms with E-state index >= 15 is 0 Å². The summed E-state index contributed by atoms with van der Waals surface area (Å²) in [5, 5.41) is 10.7. The number of nitrogens with zero attached hydrogens (tertiary/aromatic N) is 3. The maximum Gasteiger partial charge on any atom is 0.224 e. The first-order chi connectivity index (χ1) is 14.5. The Labute approximate surface area is 183 Å². The molecule has 1 fully saturated rings. The Morgan fingerprint density at radius 1 is 1.03 bits per heavy atom. The smallest absolute Gasteiger partial charge is 0.224 e. The number of thiocarbonyl (C=S) groups is 1. The lowest BCUT2D eigenvalue weighted by Crippen LogP contribution is -2.42. The zero-order chi connectivity index (χ0) is 21.5.